The number of hydrogen-bond acceptors (Lipinski definition) is 4. The number of fused-ring (bicyclic) bond motifs is 1. The molecule has 0 aliphatic carbocycles. The maximum atomic E-state index is 13.0. The summed E-state index contributed by atoms with van der Waals surface area (Å²) < 4.78 is 21.4. The Balaban J connectivity index is 2.09. The average molecular weight is 437 g/mol. The lowest BCUT2D eigenvalue weighted by Crippen LogP contribution is -2.23. The van der Waals surface area contributed by atoms with Crippen LogP contribution in [0.25, 0.3) is 10.2 Å². The molecule has 0 N–H and O–H groups in total. The van der Waals surface area contributed by atoms with Crippen LogP contribution in [0.2, 0.25) is 0 Å². The van der Waals surface area contributed by atoms with Gasteiger partial charge in [0.25, 0.3) is 5.91 Å². The molecule has 2 aromatic carbocycles. The molecule has 0 saturated carbocycles. The molecular formula is C18H14BrFN2O3S. The second-order valence-corrected chi connectivity index (χ2v) is 7.24. The quantitative estimate of drug-likeness (QED) is 0.582. The van der Waals surface area contributed by atoms with Crippen LogP contribution in [0.1, 0.15) is 17.3 Å². The minimum Gasteiger partial charge on any atom is -0.465 e. The second-order valence-electron chi connectivity index (χ2n) is 5.31. The molecular weight excluding hydrogens is 423 g/mol. The monoisotopic (exact) mass is 436 g/mol. The van der Waals surface area contributed by atoms with Crippen LogP contribution in [0.3, 0.4) is 0 Å². The van der Waals surface area contributed by atoms with Crippen molar-refractivity contribution < 1.29 is 18.7 Å². The number of nitrogens with zero attached hydrogens (tertiary/aromatic N) is 2. The van der Waals surface area contributed by atoms with Crippen molar-refractivity contribution in [3.05, 3.63) is 63.1 Å². The van der Waals surface area contributed by atoms with E-state index in [9.17, 15) is 14.0 Å². The van der Waals surface area contributed by atoms with Crippen LogP contribution in [0.15, 0.2) is 51.9 Å². The molecule has 0 radical (unpaired) electrons. The van der Waals surface area contributed by atoms with E-state index >= 15 is 0 Å². The van der Waals surface area contributed by atoms with Crippen molar-refractivity contribution in [1.82, 2.24) is 4.57 Å². The van der Waals surface area contributed by atoms with Gasteiger partial charge in [0.1, 0.15) is 12.4 Å². The Bertz CT molecular complexity index is 1040. The van der Waals surface area contributed by atoms with Crippen LogP contribution in [0.5, 0.6) is 0 Å². The molecule has 1 amide bonds. The van der Waals surface area contributed by atoms with Crippen molar-refractivity contribution in [1.29, 1.82) is 0 Å². The largest absolute Gasteiger partial charge is 0.465 e. The molecule has 8 heteroatoms. The minimum absolute atomic E-state index is 0.0506. The van der Waals surface area contributed by atoms with Crippen LogP contribution in [-0.4, -0.2) is 23.1 Å². The van der Waals surface area contributed by atoms with E-state index in [1.165, 1.54) is 35.6 Å². The number of carbonyl (C=O) groups excluding carboxylic acids is 2. The first-order chi connectivity index (χ1) is 12.5. The zero-order chi connectivity index (χ0) is 18.7. The number of esters is 1. The van der Waals surface area contributed by atoms with E-state index in [0.29, 0.717) is 4.80 Å². The zero-order valence-corrected chi connectivity index (χ0v) is 16.1. The van der Waals surface area contributed by atoms with Gasteiger partial charge in [0, 0.05) is 10.0 Å². The van der Waals surface area contributed by atoms with Gasteiger partial charge in [0.2, 0.25) is 0 Å². The van der Waals surface area contributed by atoms with Crippen molar-refractivity contribution >= 4 is 49.4 Å². The molecule has 5 nitrogen and oxygen atoms in total. The van der Waals surface area contributed by atoms with Gasteiger partial charge in [-0.15, -0.1) is 0 Å². The van der Waals surface area contributed by atoms with Crippen LogP contribution < -0.4 is 4.80 Å². The van der Waals surface area contributed by atoms with E-state index in [2.05, 4.69) is 20.9 Å². The van der Waals surface area contributed by atoms with Gasteiger partial charge in [0.15, 0.2) is 4.80 Å². The lowest BCUT2D eigenvalue weighted by molar-refractivity contribution is -0.143. The van der Waals surface area contributed by atoms with Gasteiger partial charge in [-0.1, -0.05) is 27.3 Å². The molecule has 0 aliphatic heterocycles. The van der Waals surface area contributed by atoms with Crippen molar-refractivity contribution in [3.8, 4) is 0 Å². The summed E-state index contributed by atoms with van der Waals surface area (Å²) in [4.78, 5) is 28.9. The number of carbonyl (C=O) groups is 2. The number of rotatable bonds is 4. The second kappa shape index (κ2) is 7.92. The first-order valence-corrected chi connectivity index (χ1v) is 9.38. The summed E-state index contributed by atoms with van der Waals surface area (Å²) in [5.41, 5.74) is 1.05. The summed E-state index contributed by atoms with van der Waals surface area (Å²) >= 11 is 4.70. The number of aromatic nitrogens is 1. The van der Waals surface area contributed by atoms with Gasteiger partial charge in [-0.2, -0.15) is 4.99 Å². The predicted molar refractivity (Wildman–Crippen MR) is 100 cm³/mol. The number of hydrogen-bond donors (Lipinski definition) is 0. The number of thiazole rings is 1. The Morgan fingerprint density at radius 1 is 1.23 bits per heavy atom. The van der Waals surface area contributed by atoms with Crippen molar-refractivity contribution in [2.45, 2.75) is 13.5 Å². The molecule has 3 aromatic rings. The SMILES string of the molecule is CCOC(=O)Cn1c(=NC(=O)c2ccc(F)cc2)sc2cc(Br)ccc21. The van der Waals surface area contributed by atoms with Gasteiger partial charge in [-0.3, -0.25) is 9.59 Å². The summed E-state index contributed by atoms with van der Waals surface area (Å²) in [6.07, 6.45) is 0. The molecule has 134 valence electrons. The standard InChI is InChI=1S/C18H14BrFN2O3S/c1-2-25-16(23)10-22-14-8-5-12(19)9-15(14)26-18(22)21-17(24)11-3-6-13(20)7-4-11/h3-9H,2,10H2,1H3. The van der Waals surface area contributed by atoms with Gasteiger partial charge in [-0.05, 0) is 49.4 Å². The maximum Gasteiger partial charge on any atom is 0.326 e. The summed E-state index contributed by atoms with van der Waals surface area (Å²) in [6, 6.07) is 10.7. The number of halogens is 2. The van der Waals surface area contributed by atoms with Crippen molar-refractivity contribution in [2.24, 2.45) is 4.99 Å². The van der Waals surface area contributed by atoms with Crippen LogP contribution >= 0.6 is 27.3 Å². The molecule has 0 aliphatic rings. The molecule has 3 rings (SSSR count). The predicted octanol–water partition coefficient (Wildman–Crippen LogP) is 3.91. The first-order valence-electron chi connectivity index (χ1n) is 7.77. The van der Waals surface area contributed by atoms with E-state index in [1.54, 1.807) is 11.5 Å². The molecule has 0 spiro atoms. The van der Waals surface area contributed by atoms with Gasteiger partial charge < -0.3 is 9.30 Å². The summed E-state index contributed by atoms with van der Waals surface area (Å²) in [7, 11) is 0. The fraction of sp³-hybridized carbons (Fsp3) is 0.167. The smallest absolute Gasteiger partial charge is 0.326 e. The maximum absolute atomic E-state index is 13.0. The zero-order valence-electron chi connectivity index (χ0n) is 13.7. The topological polar surface area (TPSA) is 60.7 Å². The highest BCUT2D eigenvalue weighted by Gasteiger charge is 2.13. The fourth-order valence-electron chi connectivity index (χ4n) is 2.36. The van der Waals surface area contributed by atoms with Crippen LogP contribution in [-0.2, 0) is 16.1 Å². The highest BCUT2D eigenvalue weighted by Crippen LogP contribution is 2.22. The Kier molecular flexibility index (Phi) is 5.63. The number of benzene rings is 2. The van der Waals surface area contributed by atoms with Gasteiger partial charge in [-0.25, -0.2) is 4.39 Å². The summed E-state index contributed by atoms with van der Waals surface area (Å²) in [5, 5.41) is 0. The Labute approximate surface area is 160 Å². The Hall–Kier alpha value is -2.32. The van der Waals surface area contributed by atoms with Gasteiger partial charge in [0.05, 0.1) is 16.8 Å². The highest BCUT2D eigenvalue weighted by molar-refractivity contribution is 9.10. The van der Waals surface area contributed by atoms with E-state index in [4.69, 9.17) is 4.74 Å². The first kappa shape index (κ1) is 18.5. The summed E-state index contributed by atoms with van der Waals surface area (Å²) in [6.45, 7) is 1.95. The van der Waals surface area contributed by atoms with Crippen molar-refractivity contribution in [2.75, 3.05) is 6.61 Å². The third-order valence-electron chi connectivity index (χ3n) is 3.53. The number of amides is 1. The van der Waals surface area contributed by atoms with E-state index in [1.807, 2.05) is 18.2 Å². The molecule has 1 heterocycles. The van der Waals surface area contributed by atoms with E-state index in [0.717, 1.165) is 14.7 Å². The molecule has 1 aromatic heterocycles. The molecule has 0 fully saturated rings. The van der Waals surface area contributed by atoms with Gasteiger partial charge >= 0.3 is 5.97 Å². The van der Waals surface area contributed by atoms with Crippen molar-refractivity contribution in [3.63, 3.8) is 0 Å². The van der Waals surface area contributed by atoms with Crippen LogP contribution in [0, 0.1) is 5.82 Å². The fourth-order valence-corrected chi connectivity index (χ4v) is 3.94. The third-order valence-corrected chi connectivity index (χ3v) is 5.06. The van der Waals surface area contributed by atoms with E-state index in [-0.39, 0.29) is 18.7 Å². The lowest BCUT2D eigenvalue weighted by atomic mass is 10.2. The third kappa shape index (κ3) is 4.08. The van der Waals surface area contributed by atoms with E-state index < -0.39 is 17.7 Å². The minimum atomic E-state index is -0.506. The average Bonchev–Trinajstić information content (AvgIpc) is 2.92. The molecule has 0 bridgehead atoms. The Morgan fingerprint density at radius 2 is 1.96 bits per heavy atom. The lowest BCUT2D eigenvalue weighted by Gasteiger charge is -2.05. The summed E-state index contributed by atoms with van der Waals surface area (Å²) in [5.74, 6) is -1.34. The Morgan fingerprint density at radius 3 is 2.65 bits per heavy atom. The van der Waals surface area contributed by atoms with Crippen LogP contribution in [0.4, 0.5) is 4.39 Å². The molecule has 0 saturated heterocycles. The molecule has 26 heavy (non-hydrogen) atoms. The highest BCUT2D eigenvalue weighted by atomic mass is 79.9. The normalized spacial score (nSPS) is 11.7. The molecule has 0 unspecified atom stereocenters. The molecule has 0 atom stereocenters. The number of ether oxygens (including phenoxy) is 1.